The predicted molar refractivity (Wildman–Crippen MR) is 184 cm³/mol. The molecule has 0 radical (unpaired) electrons. The lowest BCUT2D eigenvalue weighted by molar-refractivity contribution is 0.669. The lowest BCUT2D eigenvalue weighted by Gasteiger charge is -2.25. The van der Waals surface area contributed by atoms with Gasteiger partial charge in [-0.1, -0.05) is 84.9 Å². The van der Waals surface area contributed by atoms with Gasteiger partial charge in [-0.3, -0.25) is 0 Å². The maximum absolute atomic E-state index is 6.12. The highest BCUT2D eigenvalue weighted by atomic mass is 32.1. The molecule has 0 amide bonds. The fourth-order valence-electron chi connectivity index (χ4n) is 6.41. The summed E-state index contributed by atoms with van der Waals surface area (Å²) in [7, 11) is 0. The summed E-state index contributed by atoms with van der Waals surface area (Å²) in [5.41, 5.74) is 7.55. The molecule has 0 unspecified atom stereocenters. The van der Waals surface area contributed by atoms with E-state index in [0.29, 0.717) is 0 Å². The molecule has 0 fully saturated rings. The third-order valence-electron chi connectivity index (χ3n) is 8.45. The molecule has 9 rings (SSSR count). The van der Waals surface area contributed by atoms with Crippen molar-refractivity contribution in [2.75, 3.05) is 4.90 Å². The Morgan fingerprint density at radius 3 is 1.98 bits per heavy atom. The van der Waals surface area contributed by atoms with Gasteiger partial charge < -0.3 is 9.32 Å². The molecule has 2 aromatic heterocycles. The summed E-state index contributed by atoms with van der Waals surface area (Å²) in [5, 5.41) is 7.53. The van der Waals surface area contributed by atoms with Crippen LogP contribution in [0.2, 0.25) is 0 Å². The standard InChI is InChI=1S/C40H25NOS/c1-2-9-29(10-3-1)41(31-20-21-37-34(25-31)33-12-6-7-13-36(33)42-37)30-18-14-26(15-19-30)28-17-22-38-35(24-28)40-32-11-5-4-8-27(32)16-23-39(40)43-38/h1-25H. The summed E-state index contributed by atoms with van der Waals surface area (Å²) in [5.74, 6) is 0. The Hall–Kier alpha value is -5.38. The predicted octanol–water partition coefficient (Wildman–Crippen LogP) is 12.2. The van der Waals surface area contributed by atoms with E-state index in [1.165, 1.54) is 42.1 Å². The zero-order chi connectivity index (χ0) is 28.3. The molecule has 7 aromatic carbocycles. The number of rotatable bonds is 4. The van der Waals surface area contributed by atoms with Gasteiger partial charge >= 0.3 is 0 Å². The van der Waals surface area contributed by atoms with Crippen LogP contribution in [0.4, 0.5) is 17.1 Å². The van der Waals surface area contributed by atoms with E-state index >= 15 is 0 Å². The molecule has 2 heterocycles. The minimum Gasteiger partial charge on any atom is -0.456 e. The summed E-state index contributed by atoms with van der Waals surface area (Å²) in [6.45, 7) is 0. The lowest BCUT2D eigenvalue weighted by atomic mass is 10.00. The van der Waals surface area contributed by atoms with Crippen molar-refractivity contribution >= 4 is 81.3 Å². The summed E-state index contributed by atoms with van der Waals surface area (Å²) in [6.07, 6.45) is 0. The van der Waals surface area contributed by atoms with E-state index in [-0.39, 0.29) is 0 Å². The SMILES string of the molecule is c1ccc(N(c2ccc(-c3ccc4sc5ccc6ccccc6c5c4c3)cc2)c2ccc3oc4ccccc4c3c2)cc1. The Balaban J connectivity index is 1.16. The van der Waals surface area contributed by atoms with E-state index in [4.69, 9.17) is 4.42 Å². The molecule has 9 aromatic rings. The molecule has 2 nitrogen and oxygen atoms in total. The second-order valence-electron chi connectivity index (χ2n) is 11.0. The second-order valence-corrected chi connectivity index (χ2v) is 12.1. The fourth-order valence-corrected chi connectivity index (χ4v) is 7.51. The minimum atomic E-state index is 0.900. The number of hydrogen-bond donors (Lipinski definition) is 0. The number of nitrogens with zero attached hydrogens (tertiary/aromatic N) is 1. The van der Waals surface area contributed by atoms with E-state index < -0.39 is 0 Å². The summed E-state index contributed by atoms with van der Waals surface area (Å²) in [6, 6.07) is 54.3. The third kappa shape index (κ3) is 3.93. The van der Waals surface area contributed by atoms with Crippen LogP contribution in [0.15, 0.2) is 156 Å². The van der Waals surface area contributed by atoms with Gasteiger partial charge in [-0.25, -0.2) is 0 Å². The highest BCUT2D eigenvalue weighted by molar-refractivity contribution is 7.26. The number of fused-ring (bicyclic) bond motifs is 8. The van der Waals surface area contributed by atoms with Gasteiger partial charge in [-0.2, -0.15) is 0 Å². The Morgan fingerprint density at radius 1 is 0.419 bits per heavy atom. The Labute approximate surface area is 252 Å². The molecular formula is C40H25NOS. The van der Waals surface area contributed by atoms with Crippen LogP contribution in [0.3, 0.4) is 0 Å². The van der Waals surface area contributed by atoms with Crippen LogP contribution in [0.5, 0.6) is 0 Å². The first-order valence-corrected chi connectivity index (χ1v) is 15.3. The molecule has 0 spiro atoms. The zero-order valence-corrected chi connectivity index (χ0v) is 24.0. The van der Waals surface area contributed by atoms with Crippen LogP contribution in [-0.4, -0.2) is 0 Å². The second kappa shape index (κ2) is 9.59. The van der Waals surface area contributed by atoms with Crippen LogP contribution in [0.25, 0.3) is 64.0 Å². The van der Waals surface area contributed by atoms with Crippen molar-refractivity contribution in [1.82, 2.24) is 0 Å². The van der Waals surface area contributed by atoms with E-state index in [1.807, 2.05) is 23.5 Å². The summed E-state index contributed by atoms with van der Waals surface area (Å²) >= 11 is 1.87. The van der Waals surface area contributed by atoms with Crippen molar-refractivity contribution in [1.29, 1.82) is 0 Å². The van der Waals surface area contributed by atoms with E-state index in [9.17, 15) is 0 Å². The smallest absolute Gasteiger partial charge is 0.135 e. The number of thiophene rings is 1. The monoisotopic (exact) mass is 567 g/mol. The van der Waals surface area contributed by atoms with Gasteiger partial charge in [0.05, 0.1) is 0 Å². The normalized spacial score (nSPS) is 11.7. The average molecular weight is 568 g/mol. The third-order valence-corrected chi connectivity index (χ3v) is 9.59. The molecule has 0 bridgehead atoms. The van der Waals surface area contributed by atoms with Crippen LogP contribution >= 0.6 is 11.3 Å². The van der Waals surface area contributed by atoms with Gasteiger partial charge in [-0.15, -0.1) is 11.3 Å². The molecule has 202 valence electrons. The lowest BCUT2D eigenvalue weighted by Crippen LogP contribution is -2.09. The van der Waals surface area contributed by atoms with Crippen molar-refractivity contribution in [3.05, 3.63) is 152 Å². The van der Waals surface area contributed by atoms with E-state index in [2.05, 4.69) is 144 Å². The maximum atomic E-state index is 6.12. The highest BCUT2D eigenvalue weighted by Crippen LogP contribution is 2.42. The van der Waals surface area contributed by atoms with Crippen LogP contribution in [0, 0.1) is 0 Å². The topological polar surface area (TPSA) is 16.4 Å². The Kier molecular flexibility index (Phi) is 5.40. The summed E-state index contributed by atoms with van der Waals surface area (Å²) in [4.78, 5) is 2.31. The summed E-state index contributed by atoms with van der Waals surface area (Å²) < 4.78 is 8.78. The van der Waals surface area contributed by atoms with Gasteiger partial charge in [0.15, 0.2) is 0 Å². The number of benzene rings is 7. The maximum Gasteiger partial charge on any atom is 0.135 e. The highest BCUT2D eigenvalue weighted by Gasteiger charge is 2.16. The molecule has 0 saturated carbocycles. The van der Waals surface area contributed by atoms with E-state index in [1.54, 1.807) is 0 Å². The van der Waals surface area contributed by atoms with Crippen molar-refractivity contribution in [2.24, 2.45) is 0 Å². The largest absolute Gasteiger partial charge is 0.456 e. The van der Waals surface area contributed by atoms with Gasteiger partial charge in [0.2, 0.25) is 0 Å². The van der Waals surface area contributed by atoms with Crippen LogP contribution in [0.1, 0.15) is 0 Å². The average Bonchev–Trinajstić information content (AvgIpc) is 3.64. The Bertz CT molecular complexity index is 2450. The number of furan rings is 1. The number of anilines is 3. The minimum absolute atomic E-state index is 0.900. The molecule has 0 aliphatic rings. The molecule has 3 heteroatoms. The number of para-hydroxylation sites is 2. The fraction of sp³-hybridized carbons (Fsp3) is 0. The van der Waals surface area contributed by atoms with Crippen molar-refractivity contribution in [2.45, 2.75) is 0 Å². The van der Waals surface area contributed by atoms with Gasteiger partial charge in [0.25, 0.3) is 0 Å². The van der Waals surface area contributed by atoms with Crippen molar-refractivity contribution in [3.63, 3.8) is 0 Å². The quantitative estimate of drug-likeness (QED) is 0.210. The molecule has 0 atom stereocenters. The Morgan fingerprint density at radius 2 is 1.09 bits per heavy atom. The zero-order valence-electron chi connectivity index (χ0n) is 23.2. The number of hydrogen-bond acceptors (Lipinski definition) is 3. The van der Waals surface area contributed by atoms with Gasteiger partial charge in [-0.05, 0) is 88.6 Å². The van der Waals surface area contributed by atoms with Gasteiger partial charge in [0, 0.05) is 48.0 Å². The van der Waals surface area contributed by atoms with Crippen molar-refractivity contribution in [3.8, 4) is 11.1 Å². The first-order valence-electron chi connectivity index (χ1n) is 14.5. The van der Waals surface area contributed by atoms with Crippen molar-refractivity contribution < 1.29 is 4.42 Å². The molecule has 0 aliphatic carbocycles. The molecular weight excluding hydrogens is 543 g/mol. The van der Waals surface area contributed by atoms with Crippen LogP contribution in [-0.2, 0) is 0 Å². The molecule has 43 heavy (non-hydrogen) atoms. The van der Waals surface area contributed by atoms with Gasteiger partial charge in [0.1, 0.15) is 11.2 Å². The molecule has 0 aliphatic heterocycles. The molecule has 0 saturated heterocycles. The van der Waals surface area contributed by atoms with E-state index in [0.717, 1.165) is 39.0 Å². The first-order chi connectivity index (χ1) is 21.3. The molecule has 0 N–H and O–H groups in total. The van der Waals surface area contributed by atoms with Crippen LogP contribution < -0.4 is 4.90 Å². The first kappa shape index (κ1) is 24.2.